The van der Waals surface area contributed by atoms with Gasteiger partial charge in [0, 0.05) is 30.9 Å². The van der Waals surface area contributed by atoms with E-state index in [1.165, 1.54) is 6.20 Å². The molecule has 18 heavy (non-hydrogen) atoms. The SMILES string of the molecule is O=S(=O)(c1cccnc1)N1CCCC1CCCCl. The normalized spacial score (nSPS) is 21.3. The monoisotopic (exact) mass is 288 g/mol. The molecule has 0 radical (unpaired) electrons. The Kier molecular flexibility index (Phi) is 4.59. The topological polar surface area (TPSA) is 50.3 Å². The van der Waals surface area contributed by atoms with Crippen LogP contribution in [0.1, 0.15) is 25.7 Å². The Labute approximate surface area is 113 Å². The second-order valence-corrected chi connectivity index (χ2v) is 6.70. The van der Waals surface area contributed by atoms with E-state index in [-0.39, 0.29) is 10.9 Å². The average molecular weight is 289 g/mol. The summed E-state index contributed by atoms with van der Waals surface area (Å²) in [5.41, 5.74) is 0. The van der Waals surface area contributed by atoms with E-state index >= 15 is 0 Å². The molecule has 1 aliphatic rings. The van der Waals surface area contributed by atoms with E-state index in [9.17, 15) is 8.42 Å². The minimum Gasteiger partial charge on any atom is -0.263 e. The highest BCUT2D eigenvalue weighted by atomic mass is 35.5. The van der Waals surface area contributed by atoms with E-state index in [1.807, 2.05) is 0 Å². The molecule has 4 nitrogen and oxygen atoms in total. The minimum atomic E-state index is -3.39. The first-order chi connectivity index (χ1) is 8.66. The van der Waals surface area contributed by atoms with Gasteiger partial charge in [-0.05, 0) is 37.8 Å². The number of hydrogen-bond acceptors (Lipinski definition) is 3. The van der Waals surface area contributed by atoms with Gasteiger partial charge in [0.15, 0.2) is 0 Å². The standard InChI is InChI=1S/C12H17ClN2O2S/c13-7-1-4-11-5-3-9-15(11)18(16,17)12-6-2-8-14-10-12/h2,6,8,10-11H,1,3-5,7,9H2. The number of pyridine rings is 1. The molecule has 0 N–H and O–H groups in total. The maximum absolute atomic E-state index is 12.5. The number of aromatic nitrogens is 1. The van der Waals surface area contributed by atoms with Crippen LogP contribution in [-0.4, -0.2) is 36.2 Å². The molecule has 1 aromatic rings. The van der Waals surface area contributed by atoms with E-state index in [0.717, 1.165) is 25.7 Å². The van der Waals surface area contributed by atoms with Gasteiger partial charge in [-0.3, -0.25) is 4.98 Å². The zero-order valence-electron chi connectivity index (χ0n) is 10.1. The van der Waals surface area contributed by atoms with Crippen LogP contribution < -0.4 is 0 Å². The van der Waals surface area contributed by atoms with Crippen molar-refractivity contribution in [3.63, 3.8) is 0 Å². The van der Waals surface area contributed by atoms with Gasteiger partial charge in [0.1, 0.15) is 4.90 Å². The van der Waals surface area contributed by atoms with Crippen molar-refractivity contribution in [1.29, 1.82) is 0 Å². The fourth-order valence-electron chi connectivity index (χ4n) is 2.36. The molecular weight excluding hydrogens is 272 g/mol. The predicted octanol–water partition coefficient (Wildman–Crippen LogP) is 2.25. The predicted molar refractivity (Wildman–Crippen MR) is 71.1 cm³/mol. The highest BCUT2D eigenvalue weighted by Gasteiger charge is 2.34. The molecule has 2 heterocycles. The molecule has 0 bridgehead atoms. The lowest BCUT2D eigenvalue weighted by atomic mass is 10.1. The molecule has 0 saturated carbocycles. The second kappa shape index (κ2) is 5.99. The fourth-order valence-corrected chi connectivity index (χ4v) is 4.20. The second-order valence-electron chi connectivity index (χ2n) is 4.43. The molecule has 2 rings (SSSR count). The van der Waals surface area contributed by atoms with Gasteiger partial charge in [-0.1, -0.05) is 0 Å². The quantitative estimate of drug-likeness (QED) is 0.781. The molecule has 100 valence electrons. The van der Waals surface area contributed by atoms with Gasteiger partial charge in [-0.2, -0.15) is 4.31 Å². The molecule has 1 fully saturated rings. The van der Waals surface area contributed by atoms with Crippen molar-refractivity contribution >= 4 is 21.6 Å². The molecule has 1 saturated heterocycles. The summed E-state index contributed by atoms with van der Waals surface area (Å²) in [7, 11) is -3.39. The van der Waals surface area contributed by atoms with Crippen LogP contribution >= 0.6 is 11.6 Å². The van der Waals surface area contributed by atoms with Crippen molar-refractivity contribution in [1.82, 2.24) is 9.29 Å². The van der Waals surface area contributed by atoms with Crippen LogP contribution in [-0.2, 0) is 10.0 Å². The summed E-state index contributed by atoms with van der Waals surface area (Å²) in [6.45, 7) is 0.601. The van der Waals surface area contributed by atoms with Crippen molar-refractivity contribution < 1.29 is 8.42 Å². The largest absolute Gasteiger partial charge is 0.263 e. The Morgan fingerprint density at radius 1 is 1.50 bits per heavy atom. The Hall–Kier alpha value is -0.650. The zero-order chi connectivity index (χ0) is 13.0. The third kappa shape index (κ3) is 2.84. The zero-order valence-corrected chi connectivity index (χ0v) is 11.7. The highest BCUT2D eigenvalue weighted by Crippen LogP contribution is 2.28. The molecule has 1 aromatic heterocycles. The van der Waals surface area contributed by atoms with Crippen molar-refractivity contribution in [2.45, 2.75) is 36.6 Å². The number of hydrogen-bond donors (Lipinski definition) is 0. The molecule has 6 heteroatoms. The average Bonchev–Trinajstić information content (AvgIpc) is 2.86. The lowest BCUT2D eigenvalue weighted by Crippen LogP contribution is -2.35. The van der Waals surface area contributed by atoms with Crippen LogP contribution in [0.25, 0.3) is 0 Å². The Balaban J connectivity index is 2.19. The summed E-state index contributed by atoms with van der Waals surface area (Å²) >= 11 is 5.68. The summed E-state index contributed by atoms with van der Waals surface area (Å²) in [6.07, 6.45) is 6.53. The minimum absolute atomic E-state index is 0.0916. The first kappa shape index (κ1) is 13.8. The summed E-state index contributed by atoms with van der Waals surface area (Å²) in [6, 6.07) is 3.34. The molecule has 0 aliphatic carbocycles. The Morgan fingerprint density at radius 3 is 3.00 bits per heavy atom. The van der Waals surface area contributed by atoms with Crippen LogP contribution in [0.3, 0.4) is 0 Å². The number of nitrogens with zero attached hydrogens (tertiary/aromatic N) is 2. The van der Waals surface area contributed by atoms with Crippen LogP contribution in [0, 0.1) is 0 Å². The summed E-state index contributed by atoms with van der Waals surface area (Å²) in [4.78, 5) is 4.16. The summed E-state index contributed by atoms with van der Waals surface area (Å²) < 4.78 is 26.5. The van der Waals surface area contributed by atoms with Crippen LogP contribution in [0.2, 0.25) is 0 Å². The fraction of sp³-hybridized carbons (Fsp3) is 0.583. The van der Waals surface area contributed by atoms with E-state index < -0.39 is 10.0 Å². The van der Waals surface area contributed by atoms with Crippen molar-refractivity contribution in [3.8, 4) is 0 Å². The van der Waals surface area contributed by atoms with Gasteiger partial charge in [0.2, 0.25) is 10.0 Å². The number of alkyl halides is 1. The van der Waals surface area contributed by atoms with Gasteiger partial charge in [0.05, 0.1) is 0 Å². The number of rotatable bonds is 5. The number of halogens is 1. The first-order valence-electron chi connectivity index (χ1n) is 6.14. The third-order valence-electron chi connectivity index (χ3n) is 3.24. The van der Waals surface area contributed by atoms with E-state index in [4.69, 9.17) is 11.6 Å². The molecule has 0 amide bonds. The van der Waals surface area contributed by atoms with Crippen molar-refractivity contribution in [3.05, 3.63) is 24.5 Å². The van der Waals surface area contributed by atoms with Gasteiger partial charge in [-0.15, -0.1) is 11.6 Å². The van der Waals surface area contributed by atoms with Gasteiger partial charge >= 0.3 is 0 Å². The van der Waals surface area contributed by atoms with Crippen LogP contribution in [0.15, 0.2) is 29.4 Å². The van der Waals surface area contributed by atoms with Crippen molar-refractivity contribution in [2.24, 2.45) is 0 Å². The van der Waals surface area contributed by atoms with Gasteiger partial charge < -0.3 is 0 Å². The first-order valence-corrected chi connectivity index (χ1v) is 8.11. The summed E-state index contributed by atoms with van der Waals surface area (Å²) in [5, 5.41) is 0. The Morgan fingerprint density at radius 2 is 2.33 bits per heavy atom. The lowest BCUT2D eigenvalue weighted by molar-refractivity contribution is 0.368. The van der Waals surface area contributed by atoms with Gasteiger partial charge in [0.25, 0.3) is 0 Å². The molecule has 0 aromatic carbocycles. The summed E-state index contributed by atoms with van der Waals surface area (Å²) in [5.74, 6) is 0.581. The number of sulfonamides is 1. The van der Waals surface area contributed by atoms with Gasteiger partial charge in [-0.25, -0.2) is 8.42 Å². The van der Waals surface area contributed by atoms with E-state index in [1.54, 1.807) is 22.6 Å². The maximum Gasteiger partial charge on any atom is 0.244 e. The molecule has 1 unspecified atom stereocenters. The van der Waals surface area contributed by atoms with E-state index in [2.05, 4.69) is 4.98 Å². The van der Waals surface area contributed by atoms with Crippen LogP contribution in [0.4, 0.5) is 0 Å². The third-order valence-corrected chi connectivity index (χ3v) is 5.44. The Bertz CT molecular complexity index is 478. The van der Waals surface area contributed by atoms with E-state index in [0.29, 0.717) is 12.4 Å². The van der Waals surface area contributed by atoms with Crippen LogP contribution in [0.5, 0.6) is 0 Å². The maximum atomic E-state index is 12.5. The molecule has 1 atom stereocenters. The molecule has 1 aliphatic heterocycles. The highest BCUT2D eigenvalue weighted by molar-refractivity contribution is 7.89. The molecule has 0 spiro atoms. The molecular formula is C12H17ClN2O2S. The smallest absolute Gasteiger partial charge is 0.244 e. The lowest BCUT2D eigenvalue weighted by Gasteiger charge is -2.23. The van der Waals surface area contributed by atoms with Crippen molar-refractivity contribution in [2.75, 3.05) is 12.4 Å².